The van der Waals surface area contributed by atoms with Crippen molar-refractivity contribution in [2.45, 2.75) is 40.5 Å². The molecule has 0 rings (SSSR count). The second kappa shape index (κ2) is 22.4. The Morgan fingerprint density at radius 3 is 1.67 bits per heavy atom. The number of aliphatic carboxylic acids is 1. The summed E-state index contributed by atoms with van der Waals surface area (Å²) in [6.45, 7) is 4.59. The number of rotatable bonds is 3. The molecular weight excluding hydrogens is 158 g/mol. The summed E-state index contributed by atoms with van der Waals surface area (Å²) in [5.41, 5.74) is 4.85. The first-order valence-electron chi connectivity index (χ1n) is 3.60. The highest BCUT2D eigenvalue weighted by Crippen LogP contribution is 1.76. The van der Waals surface area contributed by atoms with Crippen LogP contribution in [0.4, 0.5) is 0 Å². The first-order chi connectivity index (χ1) is 4.68. The summed E-state index contributed by atoms with van der Waals surface area (Å²) in [5, 5.41) is 7.83. The number of nitrogens with two attached hydrogens (primary N) is 1. The van der Waals surface area contributed by atoms with E-state index in [0.717, 1.165) is 0 Å². The van der Waals surface area contributed by atoms with Gasteiger partial charge in [-0.15, -0.1) is 0 Å². The number of unbranched alkanes of at least 4 members (excludes halogenated alkanes) is 1. The van der Waals surface area contributed by atoms with Gasteiger partial charge in [-0.1, -0.05) is 34.1 Å². The Kier molecular flexibility index (Phi) is 42.1. The standard InChI is InChI=1S/C4H10.C3H7NO2.CH4.H2O/c1-3-4-2;4-2-1-3(5)6;;/h3-4H2,1-2H3;1-2,4H2,(H,5,6);1H4;1H2. The van der Waals surface area contributed by atoms with Crippen molar-refractivity contribution in [1.82, 2.24) is 0 Å². The minimum Gasteiger partial charge on any atom is -0.481 e. The van der Waals surface area contributed by atoms with Crippen LogP contribution < -0.4 is 5.73 Å². The fraction of sp³-hybridized carbons (Fsp3) is 0.875. The van der Waals surface area contributed by atoms with Crippen LogP contribution in [0.5, 0.6) is 0 Å². The van der Waals surface area contributed by atoms with Crippen molar-refractivity contribution in [3.63, 3.8) is 0 Å². The highest BCUT2D eigenvalue weighted by atomic mass is 16.4. The molecule has 0 heterocycles. The normalized spacial score (nSPS) is 6.58. The minimum atomic E-state index is -0.836. The van der Waals surface area contributed by atoms with Crippen molar-refractivity contribution in [1.29, 1.82) is 0 Å². The van der Waals surface area contributed by atoms with Crippen molar-refractivity contribution in [2.24, 2.45) is 5.73 Å². The van der Waals surface area contributed by atoms with Crippen LogP contribution in [0.3, 0.4) is 0 Å². The molecule has 0 aliphatic heterocycles. The molecule has 78 valence electrons. The lowest BCUT2D eigenvalue weighted by atomic mass is 10.4. The fourth-order valence-electron chi connectivity index (χ4n) is 0.123. The van der Waals surface area contributed by atoms with Crippen LogP contribution in [-0.2, 0) is 4.79 Å². The molecule has 0 amide bonds. The van der Waals surface area contributed by atoms with E-state index in [4.69, 9.17) is 10.8 Å². The number of carboxylic acids is 1. The van der Waals surface area contributed by atoms with E-state index in [1.165, 1.54) is 12.8 Å². The van der Waals surface area contributed by atoms with Crippen LogP contribution in [0.25, 0.3) is 0 Å². The lowest BCUT2D eigenvalue weighted by molar-refractivity contribution is -0.136. The molecule has 0 aliphatic carbocycles. The first-order valence-corrected chi connectivity index (χ1v) is 3.60. The number of carboxylic acid groups (broad SMARTS) is 1. The summed E-state index contributed by atoms with van der Waals surface area (Å²) in [6, 6.07) is 0. The van der Waals surface area contributed by atoms with Gasteiger partial charge in [0.25, 0.3) is 0 Å². The van der Waals surface area contributed by atoms with Gasteiger partial charge in [0, 0.05) is 6.54 Å². The van der Waals surface area contributed by atoms with E-state index in [0.29, 0.717) is 0 Å². The Hall–Kier alpha value is -0.610. The molecule has 0 atom stereocenters. The van der Waals surface area contributed by atoms with Gasteiger partial charge in [-0.05, 0) is 0 Å². The van der Waals surface area contributed by atoms with Crippen molar-refractivity contribution in [3.05, 3.63) is 0 Å². The van der Waals surface area contributed by atoms with Gasteiger partial charge in [0.2, 0.25) is 0 Å². The zero-order chi connectivity index (χ0) is 8.41. The maximum Gasteiger partial charge on any atom is 0.304 e. The molecule has 0 saturated carbocycles. The summed E-state index contributed by atoms with van der Waals surface area (Å²) >= 11 is 0. The molecule has 0 aromatic carbocycles. The number of hydrogen-bond donors (Lipinski definition) is 2. The molecule has 0 radical (unpaired) electrons. The third kappa shape index (κ3) is 57.5. The van der Waals surface area contributed by atoms with Gasteiger partial charge < -0.3 is 16.3 Å². The number of hydrogen-bond acceptors (Lipinski definition) is 2. The predicted molar refractivity (Wildman–Crippen MR) is 52.2 cm³/mol. The summed E-state index contributed by atoms with van der Waals surface area (Å²) in [6.07, 6.45) is 2.71. The van der Waals surface area contributed by atoms with Crippen LogP contribution in [0.1, 0.15) is 40.5 Å². The quantitative estimate of drug-likeness (QED) is 0.680. The minimum absolute atomic E-state index is 0. The summed E-state index contributed by atoms with van der Waals surface area (Å²) in [4.78, 5) is 9.52. The molecule has 0 fully saturated rings. The third-order valence-electron chi connectivity index (χ3n) is 0.858. The van der Waals surface area contributed by atoms with E-state index in [-0.39, 0.29) is 25.9 Å². The Balaban J connectivity index is -0.0000000483. The molecule has 0 aromatic rings. The average molecular weight is 181 g/mol. The van der Waals surface area contributed by atoms with Crippen LogP contribution in [0, 0.1) is 0 Å². The van der Waals surface area contributed by atoms with Gasteiger partial charge >= 0.3 is 5.97 Å². The molecule has 5 N–H and O–H groups in total. The molecule has 0 aliphatic rings. The molecule has 0 unspecified atom stereocenters. The predicted octanol–water partition coefficient (Wildman–Crippen LogP) is 1.04. The van der Waals surface area contributed by atoms with Crippen molar-refractivity contribution >= 4 is 5.97 Å². The molecule has 0 saturated heterocycles. The van der Waals surface area contributed by atoms with Gasteiger partial charge in [-0.3, -0.25) is 4.79 Å². The summed E-state index contributed by atoms with van der Waals surface area (Å²) in [7, 11) is 0. The molecule has 0 aromatic heterocycles. The number of carbonyl (C=O) groups is 1. The van der Waals surface area contributed by atoms with E-state index in [1.54, 1.807) is 0 Å². The largest absolute Gasteiger partial charge is 0.481 e. The summed E-state index contributed by atoms with van der Waals surface area (Å²) < 4.78 is 0. The van der Waals surface area contributed by atoms with E-state index in [9.17, 15) is 4.79 Å². The zero-order valence-electron chi connectivity index (χ0n) is 7.26. The lowest BCUT2D eigenvalue weighted by Gasteiger charge is -1.80. The highest BCUT2D eigenvalue weighted by Gasteiger charge is 1.87. The molecular formula is C8H23NO3. The van der Waals surface area contributed by atoms with Gasteiger partial charge in [-0.2, -0.15) is 0 Å². The average Bonchev–Trinajstić information content (AvgIpc) is 1.89. The molecule has 0 bridgehead atoms. The monoisotopic (exact) mass is 181 g/mol. The van der Waals surface area contributed by atoms with E-state index in [1.807, 2.05) is 0 Å². The molecule has 4 heteroatoms. The van der Waals surface area contributed by atoms with Crippen molar-refractivity contribution in [2.75, 3.05) is 6.54 Å². The zero-order valence-corrected chi connectivity index (χ0v) is 7.26. The van der Waals surface area contributed by atoms with Gasteiger partial charge in [0.05, 0.1) is 6.42 Å². The van der Waals surface area contributed by atoms with Gasteiger partial charge in [0.15, 0.2) is 0 Å². The Bertz CT molecular complexity index is 74.7. The highest BCUT2D eigenvalue weighted by molar-refractivity contribution is 5.66. The van der Waals surface area contributed by atoms with Crippen LogP contribution in [-0.4, -0.2) is 23.1 Å². The Labute approximate surface area is 75.1 Å². The molecule has 12 heavy (non-hydrogen) atoms. The maximum atomic E-state index is 9.52. The topological polar surface area (TPSA) is 94.8 Å². The van der Waals surface area contributed by atoms with E-state index < -0.39 is 5.97 Å². The van der Waals surface area contributed by atoms with Crippen molar-refractivity contribution < 1.29 is 15.4 Å². The molecule has 0 spiro atoms. The molecule has 4 nitrogen and oxygen atoms in total. The third-order valence-corrected chi connectivity index (χ3v) is 0.858. The summed E-state index contributed by atoms with van der Waals surface area (Å²) in [5.74, 6) is -0.836. The SMILES string of the molecule is C.CCCC.NCCC(=O)O.O. The van der Waals surface area contributed by atoms with Crippen LogP contribution >= 0.6 is 0 Å². The fourth-order valence-corrected chi connectivity index (χ4v) is 0.123. The Morgan fingerprint density at radius 2 is 1.67 bits per heavy atom. The first kappa shape index (κ1) is 22.5. The lowest BCUT2D eigenvalue weighted by Crippen LogP contribution is -2.05. The maximum absolute atomic E-state index is 9.52. The van der Waals surface area contributed by atoms with E-state index >= 15 is 0 Å². The van der Waals surface area contributed by atoms with Crippen molar-refractivity contribution in [3.8, 4) is 0 Å². The van der Waals surface area contributed by atoms with Gasteiger partial charge in [-0.25, -0.2) is 0 Å². The second-order valence-corrected chi connectivity index (χ2v) is 1.93. The second-order valence-electron chi connectivity index (χ2n) is 1.93. The van der Waals surface area contributed by atoms with E-state index in [2.05, 4.69) is 13.8 Å². The van der Waals surface area contributed by atoms with Gasteiger partial charge in [0.1, 0.15) is 0 Å². The smallest absolute Gasteiger partial charge is 0.304 e. The van der Waals surface area contributed by atoms with Crippen LogP contribution in [0.15, 0.2) is 0 Å². The van der Waals surface area contributed by atoms with Crippen LogP contribution in [0.2, 0.25) is 0 Å². The Morgan fingerprint density at radius 1 is 1.33 bits per heavy atom.